The second kappa shape index (κ2) is 7.33. The monoisotopic (exact) mass is 472 g/mol. The number of ether oxygens (including phenoxy) is 1. The lowest BCUT2D eigenvalue weighted by molar-refractivity contribution is -0.116. The average Bonchev–Trinajstić information content (AvgIpc) is 2.88. The van der Waals surface area contributed by atoms with Crippen LogP contribution >= 0.6 is 27.5 Å². The molecule has 2 aromatic rings. The molecule has 0 aromatic heterocycles. The predicted molar refractivity (Wildman–Crippen MR) is 109 cm³/mol. The highest BCUT2D eigenvalue weighted by Gasteiger charge is 2.32. The van der Waals surface area contributed by atoms with Crippen LogP contribution in [0.4, 0.5) is 11.4 Å². The SMILES string of the molecule is COc1ccc(NS(=O)(=O)c2cc3c(cc2Br)C[C@H](C)N3C(C)=O)cc1Cl. The highest BCUT2D eigenvalue weighted by Crippen LogP contribution is 2.38. The molecule has 1 aliphatic heterocycles. The lowest BCUT2D eigenvalue weighted by atomic mass is 10.1. The van der Waals surface area contributed by atoms with Crippen LogP contribution in [0, 0.1) is 0 Å². The molecule has 0 fully saturated rings. The summed E-state index contributed by atoms with van der Waals surface area (Å²) in [6, 6.07) is 7.88. The largest absolute Gasteiger partial charge is 0.495 e. The number of carbonyl (C=O) groups is 1. The van der Waals surface area contributed by atoms with Crippen LogP contribution in [-0.2, 0) is 21.2 Å². The van der Waals surface area contributed by atoms with E-state index in [9.17, 15) is 13.2 Å². The number of hydrogen-bond acceptors (Lipinski definition) is 4. The summed E-state index contributed by atoms with van der Waals surface area (Å²) >= 11 is 9.41. The van der Waals surface area contributed by atoms with Gasteiger partial charge in [-0.25, -0.2) is 8.42 Å². The molecule has 27 heavy (non-hydrogen) atoms. The summed E-state index contributed by atoms with van der Waals surface area (Å²) in [4.78, 5) is 13.6. The van der Waals surface area contributed by atoms with Crippen LogP contribution in [0.3, 0.4) is 0 Å². The Balaban J connectivity index is 2.00. The third kappa shape index (κ3) is 3.79. The van der Waals surface area contributed by atoms with Gasteiger partial charge in [0.2, 0.25) is 5.91 Å². The van der Waals surface area contributed by atoms with E-state index in [2.05, 4.69) is 20.7 Å². The maximum absolute atomic E-state index is 12.9. The molecule has 1 heterocycles. The van der Waals surface area contributed by atoms with Crippen molar-refractivity contribution in [3.05, 3.63) is 45.4 Å². The van der Waals surface area contributed by atoms with E-state index in [1.807, 2.05) is 6.92 Å². The van der Waals surface area contributed by atoms with Gasteiger partial charge in [0.25, 0.3) is 10.0 Å². The molecule has 0 unspecified atom stereocenters. The average molecular weight is 474 g/mol. The van der Waals surface area contributed by atoms with Crippen LogP contribution < -0.4 is 14.4 Å². The Morgan fingerprint density at radius 2 is 2.04 bits per heavy atom. The van der Waals surface area contributed by atoms with E-state index >= 15 is 0 Å². The number of amides is 1. The van der Waals surface area contributed by atoms with Gasteiger partial charge >= 0.3 is 0 Å². The van der Waals surface area contributed by atoms with Crippen LogP contribution in [0.25, 0.3) is 0 Å². The predicted octanol–water partition coefficient (Wildman–Crippen LogP) is 4.21. The first-order valence-corrected chi connectivity index (χ1v) is 10.8. The Kier molecular flexibility index (Phi) is 5.42. The first-order chi connectivity index (χ1) is 12.6. The molecule has 1 amide bonds. The fraction of sp³-hybridized carbons (Fsp3) is 0.278. The molecule has 1 atom stereocenters. The minimum atomic E-state index is -3.90. The minimum Gasteiger partial charge on any atom is -0.495 e. The second-order valence-corrected chi connectivity index (χ2v) is 9.22. The number of halogens is 2. The Labute approximate surface area is 171 Å². The highest BCUT2D eigenvalue weighted by molar-refractivity contribution is 9.10. The van der Waals surface area contributed by atoms with Crippen molar-refractivity contribution < 1.29 is 17.9 Å². The van der Waals surface area contributed by atoms with Crippen molar-refractivity contribution in [1.82, 2.24) is 0 Å². The number of fused-ring (bicyclic) bond motifs is 1. The van der Waals surface area contributed by atoms with Crippen LogP contribution in [-0.4, -0.2) is 27.5 Å². The first kappa shape index (κ1) is 20.0. The van der Waals surface area contributed by atoms with E-state index in [1.165, 1.54) is 26.2 Å². The molecule has 1 aliphatic rings. The zero-order valence-corrected chi connectivity index (χ0v) is 18.1. The van der Waals surface area contributed by atoms with Crippen molar-refractivity contribution in [2.24, 2.45) is 0 Å². The van der Waals surface area contributed by atoms with Gasteiger partial charge in [0.1, 0.15) is 10.6 Å². The van der Waals surface area contributed by atoms with Gasteiger partial charge in [0.15, 0.2) is 0 Å². The van der Waals surface area contributed by atoms with Crippen LogP contribution in [0.1, 0.15) is 19.4 Å². The van der Waals surface area contributed by atoms with Gasteiger partial charge < -0.3 is 9.64 Å². The molecule has 144 valence electrons. The van der Waals surface area contributed by atoms with E-state index in [4.69, 9.17) is 16.3 Å². The number of methoxy groups -OCH3 is 1. The number of sulfonamides is 1. The minimum absolute atomic E-state index is 0.0179. The van der Waals surface area contributed by atoms with Gasteiger partial charge in [-0.1, -0.05) is 11.6 Å². The highest BCUT2D eigenvalue weighted by atomic mass is 79.9. The molecule has 0 aliphatic carbocycles. The molecule has 0 bridgehead atoms. The Bertz CT molecular complexity index is 1030. The maximum Gasteiger partial charge on any atom is 0.263 e. The quantitative estimate of drug-likeness (QED) is 0.722. The first-order valence-electron chi connectivity index (χ1n) is 8.12. The van der Waals surface area contributed by atoms with E-state index in [1.54, 1.807) is 23.1 Å². The number of carbonyl (C=O) groups excluding carboxylic acids is 1. The van der Waals surface area contributed by atoms with Crippen molar-refractivity contribution in [2.75, 3.05) is 16.7 Å². The molecule has 3 rings (SSSR count). The summed E-state index contributed by atoms with van der Waals surface area (Å²) in [6.45, 7) is 3.40. The fourth-order valence-corrected chi connectivity index (χ4v) is 5.66. The van der Waals surface area contributed by atoms with Crippen molar-refractivity contribution in [3.8, 4) is 5.75 Å². The Hall–Kier alpha value is -1.77. The number of nitrogens with one attached hydrogen (secondary N) is 1. The van der Waals surface area contributed by atoms with Crippen molar-refractivity contribution in [3.63, 3.8) is 0 Å². The van der Waals surface area contributed by atoms with E-state index in [0.717, 1.165) is 5.56 Å². The van der Waals surface area contributed by atoms with E-state index in [-0.39, 0.29) is 16.8 Å². The van der Waals surface area contributed by atoms with Crippen molar-refractivity contribution in [1.29, 1.82) is 0 Å². The lowest BCUT2D eigenvalue weighted by Gasteiger charge is -2.21. The molecule has 0 radical (unpaired) electrons. The molecular weight excluding hydrogens is 456 g/mol. The smallest absolute Gasteiger partial charge is 0.263 e. The third-order valence-electron chi connectivity index (χ3n) is 4.38. The molecule has 0 spiro atoms. The summed E-state index contributed by atoms with van der Waals surface area (Å²) in [6.07, 6.45) is 0.676. The van der Waals surface area contributed by atoms with Gasteiger partial charge in [0, 0.05) is 23.1 Å². The lowest BCUT2D eigenvalue weighted by Crippen LogP contribution is -2.33. The molecule has 6 nitrogen and oxygen atoms in total. The van der Waals surface area contributed by atoms with Gasteiger partial charge in [-0.15, -0.1) is 0 Å². The summed E-state index contributed by atoms with van der Waals surface area (Å²) < 4.78 is 33.9. The number of benzene rings is 2. The summed E-state index contributed by atoms with van der Waals surface area (Å²) in [5, 5.41) is 0.294. The van der Waals surface area contributed by atoms with Gasteiger partial charge in [-0.3, -0.25) is 9.52 Å². The number of nitrogens with zero attached hydrogens (tertiary/aromatic N) is 1. The molecule has 0 saturated heterocycles. The normalized spacial score (nSPS) is 16.2. The van der Waals surface area contributed by atoms with Crippen LogP contribution in [0.15, 0.2) is 39.7 Å². The van der Waals surface area contributed by atoms with Gasteiger partial charge in [0.05, 0.1) is 17.8 Å². The Morgan fingerprint density at radius 3 is 2.63 bits per heavy atom. The molecular formula is C18H18BrClN2O4S. The topological polar surface area (TPSA) is 75.7 Å². The van der Waals surface area contributed by atoms with Gasteiger partial charge in [-0.2, -0.15) is 0 Å². The molecule has 0 saturated carbocycles. The van der Waals surface area contributed by atoms with E-state index in [0.29, 0.717) is 33.0 Å². The summed E-state index contributed by atoms with van der Waals surface area (Å²) in [5.41, 5.74) is 1.85. The summed E-state index contributed by atoms with van der Waals surface area (Å²) in [5.74, 6) is 0.325. The van der Waals surface area contributed by atoms with Crippen molar-refractivity contribution in [2.45, 2.75) is 31.2 Å². The van der Waals surface area contributed by atoms with Crippen molar-refractivity contribution >= 4 is 54.8 Å². The number of hydrogen-bond donors (Lipinski definition) is 1. The third-order valence-corrected chi connectivity index (χ3v) is 7.02. The zero-order valence-electron chi connectivity index (χ0n) is 14.9. The Morgan fingerprint density at radius 1 is 1.33 bits per heavy atom. The van der Waals surface area contributed by atoms with Gasteiger partial charge in [-0.05, 0) is 65.2 Å². The second-order valence-electron chi connectivity index (χ2n) is 6.31. The zero-order chi connectivity index (χ0) is 19.9. The standard InChI is InChI=1S/C18H18BrClN2O4S/c1-10-6-12-7-14(19)18(9-16(12)22(10)11(2)23)27(24,25)21-13-4-5-17(26-3)15(20)8-13/h4-5,7-10,21H,6H2,1-3H3/t10-/m0/s1. The summed E-state index contributed by atoms with van der Waals surface area (Å²) in [7, 11) is -2.42. The van der Waals surface area contributed by atoms with E-state index < -0.39 is 10.0 Å². The molecule has 9 heteroatoms. The number of rotatable bonds is 4. The molecule has 1 N–H and O–H groups in total. The number of anilines is 2. The van der Waals surface area contributed by atoms with Crippen LogP contribution in [0.5, 0.6) is 5.75 Å². The fourth-order valence-electron chi connectivity index (χ4n) is 3.24. The maximum atomic E-state index is 12.9. The molecule has 2 aromatic carbocycles. The van der Waals surface area contributed by atoms with Crippen LogP contribution in [0.2, 0.25) is 5.02 Å².